The van der Waals surface area contributed by atoms with Gasteiger partial charge in [0.15, 0.2) is 0 Å². The van der Waals surface area contributed by atoms with Crippen molar-refractivity contribution >= 4 is 58.3 Å². The van der Waals surface area contributed by atoms with E-state index < -0.39 is 95.6 Å². The van der Waals surface area contributed by atoms with Gasteiger partial charge >= 0.3 is 47.9 Å². The molecule has 340 valence electrons. The second-order valence-corrected chi connectivity index (χ2v) is 16.1. The maximum atomic E-state index is 14.0. The van der Waals surface area contributed by atoms with Crippen LogP contribution in [0.3, 0.4) is 0 Å². The summed E-state index contributed by atoms with van der Waals surface area (Å²) in [6.07, 6.45) is -6.57. The van der Waals surface area contributed by atoms with Gasteiger partial charge in [0.2, 0.25) is 11.8 Å². The molecule has 0 unspecified atom stereocenters. The van der Waals surface area contributed by atoms with Crippen molar-refractivity contribution in [1.29, 1.82) is 0 Å². The van der Waals surface area contributed by atoms with E-state index >= 15 is 0 Å². The van der Waals surface area contributed by atoms with E-state index in [0.717, 1.165) is 29.8 Å². The largest absolute Gasteiger partial charge is 0.467 e. The molecule has 3 amide bonds. The van der Waals surface area contributed by atoms with Crippen molar-refractivity contribution in [3.05, 3.63) is 48.2 Å². The zero-order valence-electron chi connectivity index (χ0n) is 32.2. The maximum Gasteiger partial charge on any atom is 0.460 e. The lowest BCUT2D eigenvalue weighted by Gasteiger charge is -2.39. The zero-order valence-corrected chi connectivity index (χ0v) is 33.8. The number of alkyl carbamates (subject to hydrolysis) is 1. The van der Waals surface area contributed by atoms with Gasteiger partial charge in [-0.15, -0.1) is 0 Å². The number of hydrogen-bond donors (Lipinski definition) is 4. The predicted molar refractivity (Wildman–Crippen MR) is 196 cm³/mol. The monoisotopic (exact) mass is 924 g/mol. The van der Waals surface area contributed by atoms with Crippen LogP contribution in [-0.4, -0.2) is 118 Å². The van der Waals surface area contributed by atoms with Gasteiger partial charge in [-0.3, -0.25) is 9.59 Å². The van der Waals surface area contributed by atoms with Crippen molar-refractivity contribution in [2.75, 3.05) is 30.1 Å². The van der Waals surface area contributed by atoms with Crippen LogP contribution in [0.25, 0.3) is 10.9 Å². The molecule has 2 rings (SSSR count). The van der Waals surface area contributed by atoms with Crippen molar-refractivity contribution in [2.24, 2.45) is 0 Å². The summed E-state index contributed by atoms with van der Waals surface area (Å²) < 4.78 is 183. The Kier molecular flexibility index (Phi) is 17.6. The number of fused-ring (bicyclic) bond motifs is 1. The van der Waals surface area contributed by atoms with Gasteiger partial charge in [0.1, 0.15) is 23.7 Å². The molecule has 0 saturated heterocycles. The molecule has 0 saturated carbocycles. The number of thioether (sulfide) groups is 2. The van der Waals surface area contributed by atoms with Crippen LogP contribution in [0.4, 0.5) is 61.9 Å². The molecule has 1 heterocycles. The highest BCUT2D eigenvalue weighted by atomic mass is 32.2. The highest BCUT2D eigenvalue weighted by molar-refractivity contribution is 7.99. The molecule has 0 aliphatic rings. The van der Waals surface area contributed by atoms with Crippen LogP contribution >= 0.6 is 23.5 Å². The van der Waals surface area contributed by atoms with Crippen LogP contribution in [0, 0.1) is 0 Å². The second kappa shape index (κ2) is 20.2. The van der Waals surface area contributed by atoms with Gasteiger partial charge in [0, 0.05) is 47.2 Å². The lowest BCUT2D eigenvalue weighted by molar-refractivity contribution is -0.439. The first kappa shape index (κ1) is 52.1. The van der Waals surface area contributed by atoms with E-state index in [2.05, 4.69) is 20.9 Å². The molecule has 0 aliphatic carbocycles. The Hall–Kier alpha value is -4.03. The quantitative estimate of drug-likeness (QED) is 0.0429. The third kappa shape index (κ3) is 12.8. The summed E-state index contributed by atoms with van der Waals surface area (Å²) in [6, 6.07) is 3.41. The third-order valence-electron chi connectivity index (χ3n) is 8.10. The average molecular weight is 925 g/mol. The van der Waals surface area contributed by atoms with Gasteiger partial charge in [-0.2, -0.15) is 80.6 Å². The van der Waals surface area contributed by atoms with Crippen LogP contribution in [-0.2, 0) is 30.3 Å². The Bertz CT molecular complexity index is 1820. The lowest BCUT2D eigenvalue weighted by atomic mass is 9.93. The molecule has 60 heavy (non-hydrogen) atoms. The number of alkyl halides is 13. The number of hydrogen-bond acceptors (Lipinski definition) is 8. The Balaban J connectivity index is 2.00. The highest BCUT2D eigenvalue weighted by Gasteiger charge is 2.90. The van der Waals surface area contributed by atoms with E-state index in [1.807, 2.05) is 6.07 Å². The van der Waals surface area contributed by atoms with Crippen molar-refractivity contribution in [2.45, 2.75) is 100 Å². The second-order valence-electron chi connectivity index (χ2n) is 13.9. The predicted octanol–water partition coefficient (Wildman–Crippen LogP) is 7.92. The van der Waals surface area contributed by atoms with Gasteiger partial charge < -0.3 is 30.4 Å². The minimum Gasteiger partial charge on any atom is -0.467 e. The first-order chi connectivity index (χ1) is 27.3. The molecule has 2 aromatic rings. The van der Waals surface area contributed by atoms with Crippen LogP contribution in [0.15, 0.2) is 42.6 Å². The molecule has 0 spiro atoms. The smallest absolute Gasteiger partial charge is 0.460 e. The summed E-state index contributed by atoms with van der Waals surface area (Å²) in [4.78, 5) is 54.5. The van der Waals surface area contributed by atoms with Crippen molar-refractivity contribution in [3.8, 4) is 0 Å². The number of aromatic nitrogens is 1. The summed E-state index contributed by atoms with van der Waals surface area (Å²) in [5.74, 6) is -41.2. The Morgan fingerprint density at radius 1 is 0.750 bits per heavy atom. The van der Waals surface area contributed by atoms with Crippen LogP contribution < -0.4 is 16.0 Å². The number of benzene rings is 1. The Morgan fingerprint density at radius 3 is 1.88 bits per heavy atom. The molecule has 4 N–H and O–H groups in total. The molecule has 25 heteroatoms. The number of methoxy groups -OCH3 is 1. The van der Waals surface area contributed by atoms with E-state index in [1.165, 1.54) is 19.1 Å². The SMILES string of the molecule is COC(=O)[C@H](Cc1c[nH]c2ccccc12)NC(=O)[C@H](C)NC(=O)[C@H](CSC/C=C/CSCCC(F)(F)C(F)(F)C(F)(F)C(F)(F)C(F)(F)C(F)(F)F)NC(=O)OC(C)(C)C. The molecular weight excluding hydrogens is 884 g/mol. The normalized spacial score (nSPS) is 15.0. The number of rotatable bonds is 21. The number of H-pyrrole nitrogens is 1. The number of halogens is 13. The molecule has 3 atom stereocenters. The topological polar surface area (TPSA) is 139 Å². The first-order valence-electron chi connectivity index (χ1n) is 17.3. The fraction of sp³-hybridized carbons (Fsp3) is 0.600. The van der Waals surface area contributed by atoms with Crippen LogP contribution in [0.2, 0.25) is 0 Å². The fourth-order valence-corrected chi connectivity index (χ4v) is 6.58. The minimum absolute atomic E-state index is 0.0218. The van der Waals surface area contributed by atoms with E-state index in [9.17, 15) is 76.3 Å². The van der Waals surface area contributed by atoms with Gasteiger partial charge in [-0.25, -0.2) is 9.59 Å². The number of amides is 3. The molecule has 1 aromatic heterocycles. The summed E-state index contributed by atoms with van der Waals surface area (Å²) in [5, 5.41) is 8.10. The molecule has 1 aromatic carbocycles. The van der Waals surface area contributed by atoms with Gasteiger partial charge in [0.05, 0.1) is 7.11 Å². The summed E-state index contributed by atoms with van der Waals surface area (Å²) >= 11 is 1.33. The molecule has 0 fully saturated rings. The number of nitrogens with one attached hydrogen (secondary N) is 4. The molecular formula is C35H41F13N4O6S2. The van der Waals surface area contributed by atoms with Gasteiger partial charge in [-0.1, -0.05) is 30.4 Å². The zero-order chi connectivity index (χ0) is 46.1. The number of carbonyl (C=O) groups is 4. The maximum absolute atomic E-state index is 14.0. The molecule has 0 radical (unpaired) electrons. The molecule has 0 bridgehead atoms. The standard InChI is InChI=1S/C35H41F13N4O6S2/c1-19(25(53)51-23(27(55)57-5)16-20-17-49-22-11-7-6-10-21(20)22)50-26(54)24(52-28(56)58-29(2,3)4)18-60-14-9-8-13-59-15-12-30(36,37)31(38,39)32(40,41)33(42,43)34(44,45)35(46,47)48/h6-11,17,19,23-24,49H,12-16,18H2,1-5H3,(H,50,54)(H,51,53)(H,52,56)/b9-8+/t19-,23-,24-/m0/s1. The fourth-order valence-electron chi connectivity index (χ4n) is 4.87. The van der Waals surface area contributed by atoms with Crippen LogP contribution in [0.5, 0.6) is 0 Å². The van der Waals surface area contributed by atoms with Crippen molar-refractivity contribution < 1.29 is 85.7 Å². The van der Waals surface area contributed by atoms with E-state index in [0.29, 0.717) is 17.3 Å². The van der Waals surface area contributed by atoms with Gasteiger partial charge in [-0.05, 0) is 45.1 Å². The van der Waals surface area contributed by atoms with Crippen molar-refractivity contribution in [1.82, 2.24) is 20.9 Å². The van der Waals surface area contributed by atoms with Crippen LogP contribution in [0.1, 0.15) is 39.7 Å². The number of aromatic amines is 1. The number of esters is 1. The Morgan fingerprint density at radius 2 is 1.32 bits per heavy atom. The van der Waals surface area contributed by atoms with Crippen molar-refractivity contribution in [3.63, 3.8) is 0 Å². The highest BCUT2D eigenvalue weighted by Crippen LogP contribution is 2.60. The number of para-hydroxylation sites is 1. The van der Waals surface area contributed by atoms with Gasteiger partial charge in [0.25, 0.3) is 0 Å². The first-order valence-corrected chi connectivity index (χ1v) is 19.6. The summed E-state index contributed by atoms with van der Waals surface area (Å²) in [6.45, 7) is 5.93. The minimum atomic E-state index is -7.96. The molecule has 0 aliphatic heterocycles. The summed E-state index contributed by atoms with van der Waals surface area (Å²) in [5.41, 5.74) is 0.473. The van der Waals surface area contributed by atoms with E-state index in [1.54, 1.807) is 45.2 Å². The van der Waals surface area contributed by atoms with E-state index in [4.69, 9.17) is 9.47 Å². The number of ether oxygens (including phenoxy) is 2. The number of carbonyl (C=O) groups excluding carboxylic acids is 4. The molecule has 10 nitrogen and oxygen atoms in total. The summed E-state index contributed by atoms with van der Waals surface area (Å²) in [7, 11) is 1.12. The Labute approximate surface area is 342 Å². The third-order valence-corrected chi connectivity index (χ3v) is 10.0. The lowest BCUT2D eigenvalue weighted by Crippen LogP contribution is -2.70. The van der Waals surface area contributed by atoms with E-state index in [-0.39, 0.29) is 23.7 Å². The average Bonchev–Trinajstić information content (AvgIpc) is 3.53.